The fraction of sp³-hybridized carbons (Fsp3) is 0.481. The van der Waals surface area contributed by atoms with E-state index in [0.29, 0.717) is 16.3 Å². The lowest BCUT2D eigenvalue weighted by Crippen LogP contribution is -2.53. The largest absolute Gasteiger partial charge is 0.352 e. The third-order valence-electron chi connectivity index (χ3n) is 6.59. The van der Waals surface area contributed by atoms with E-state index in [1.165, 1.54) is 11.3 Å². The molecule has 2 aromatic rings. The second-order valence-corrected chi connectivity index (χ2v) is 12.1. The Morgan fingerprint density at radius 3 is 2.25 bits per heavy atom. The molecule has 1 aliphatic rings. The number of amides is 2. The number of carbonyl (C=O) groups is 2. The Bertz CT molecular complexity index is 1180. The number of nitrogens with one attached hydrogen (secondary N) is 1. The maximum Gasteiger partial charge on any atom is 0.244 e. The maximum absolute atomic E-state index is 13.7. The lowest BCUT2D eigenvalue weighted by atomic mass is 9.95. The van der Waals surface area contributed by atoms with Crippen molar-refractivity contribution in [2.45, 2.75) is 71.5 Å². The molecule has 0 aliphatic heterocycles. The van der Waals surface area contributed by atoms with E-state index in [1.54, 1.807) is 37.3 Å². The molecule has 1 saturated carbocycles. The normalized spacial score (nSPS) is 15.2. The van der Waals surface area contributed by atoms with E-state index < -0.39 is 28.5 Å². The fourth-order valence-electron chi connectivity index (χ4n) is 4.67. The van der Waals surface area contributed by atoms with Gasteiger partial charge < -0.3 is 10.2 Å². The highest BCUT2D eigenvalue weighted by molar-refractivity contribution is 7.92. The summed E-state index contributed by atoms with van der Waals surface area (Å²) in [5, 5.41) is 3.56. The van der Waals surface area contributed by atoms with Gasteiger partial charge in [-0.25, -0.2) is 8.42 Å². The van der Waals surface area contributed by atoms with Crippen LogP contribution in [-0.2, 0) is 26.2 Å². The summed E-state index contributed by atoms with van der Waals surface area (Å²) in [7, 11) is -3.77. The predicted molar refractivity (Wildman–Crippen MR) is 145 cm³/mol. The molecular formula is C27H36ClN3O4S. The zero-order valence-corrected chi connectivity index (χ0v) is 23.0. The highest BCUT2D eigenvalue weighted by Gasteiger charge is 2.31. The zero-order valence-electron chi connectivity index (χ0n) is 21.5. The van der Waals surface area contributed by atoms with E-state index in [4.69, 9.17) is 11.6 Å². The number of aryl methyl sites for hydroxylation is 2. The topological polar surface area (TPSA) is 86.8 Å². The van der Waals surface area contributed by atoms with Crippen LogP contribution in [0.1, 0.15) is 55.7 Å². The van der Waals surface area contributed by atoms with Gasteiger partial charge in [0, 0.05) is 17.6 Å². The molecule has 0 radical (unpaired) electrons. The Kier molecular flexibility index (Phi) is 9.41. The number of sulfonamides is 1. The van der Waals surface area contributed by atoms with E-state index >= 15 is 0 Å². The van der Waals surface area contributed by atoms with Crippen LogP contribution in [0.25, 0.3) is 0 Å². The third-order valence-corrected chi connectivity index (χ3v) is 8.10. The van der Waals surface area contributed by atoms with Crippen LogP contribution in [0, 0.1) is 13.8 Å². The van der Waals surface area contributed by atoms with Crippen LogP contribution < -0.4 is 9.62 Å². The number of carbonyl (C=O) groups excluding carboxylic acids is 2. The van der Waals surface area contributed by atoms with Gasteiger partial charge in [0.25, 0.3) is 0 Å². The van der Waals surface area contributed by atoms with E-state index in [-0.39, 0.29) is 18.5 Å². The minimum atomic E-state index is -3.77. The predicted octanol–water partition coefficient (Wildman–Crippen LogP) is 4.59. The van der Waals surface area contributed by atoms with Crippen molar-refractivity contribution in [3.63, 3.8) is 0 Å². The van der Waals surface area contributed by atoms with Crippen LogP contribution in [0.4, 0.5) is 5.69 Å². The Labute approximate surface area is 219 Å². The molecule has 9 heteroatoms. The highest BCUT2D eigenvalue weighted by atomic mass is 35.5. The second-order valence-electron chi connectivity index (χ2n) is 9.75. The molecule has 1 atom stereocenters. The number of hydrogen-bond donors (Lipinski definition) is 1. The molecule has 36 heavy (non-hydrogen) atoms. The average Bonchev–Trinajstić information content (AvgIpc) is 2.80. The van der Waals surface area contributed by atoms with Crippen molar-refractivity contribution in [2.24, 2.45) is 0 Å². The van der Waals surface area contributed by atoms with Crippen molar-refractivity contribution in [3.8, 4) is 0 Å². The first-order valence-corrected chi connectivity index (χ1v) is 14.6. The first-order chi connectivity index (χ1) is 17.0. The van der Waals surface area contributed by atoms with Crippen LogP contribution in [0.15, 0.2) is 42.5 Å². The van der Waals surface area contributed by atoms with Crippen LogP contribution in [-0.4, -0.2) is 50.0 Å². The molecule has 2 amide bonds. The lowest BCUT2D eigenvalue weighted by molar-refractivity contribution is -0.139. The standard InChI is InChI=1S/C27H36ClN3O4S/c1-19-14-20(2)16-24(15-19)31(36(4,34)35)18-26(32)30(17-22-10-8-9-13-25(22)28)21(3)27(33)29-23-11-6-5-7-12-23/h8-10,13-16,21,23H,5-7,11-12,17-18H2,1-4H3,(H,29,33). The van der Waals surface area contributed by atoms with Crippen LogP contribution in [0.5, 0.6) is 0 Å². The molecule has 0 saturated heterocycles. The van der Waals surface area contributed by atoms with Gasteiger partial charge in [0.05, 0.1) is 11.9 Å². The van der Waals surface area contributed by atoms with Gasteiger partial charge in [-0.3, -0.25) is 13.9 Å². The Morgan fingerprint density at radius 2 is 1.67 bits per heavy atom. The molecule has 1 N–H and O–H groups in total. The third kappa shape index (κ3) is 7.46. The SMILES string of the molecule is Cc1cc(C)cc(N(CC(=O)N(Cc2ccccc2Cl)C(C)C(=O)NC2CCCCC2)S(C)(=O)=O)c1. The fourth-order valence-corrected chi connectivity index (χ4v) is 5.70. The van der Waals surface area contributed by atoms with Gasteiger partial charge >= 0.3 is 0 Å². The van der Waals surface area contributed by atoms with Gasteiger partial charge in [-0.05, 0) is 68.5 Å². The van der Waals surface area contributed by atoms with Crippen molar-refractivity contribution in [1.29, 1.82) is 0 Å². The van der Waals surface area contributed by atoms with Crippen molar-refractivity contribution in [1.82, 2.24) is 10.2 Å². The van der Waals surface area contributed by atoms with Crippen molar-refractivity contribution in [3.05, 3.63) is 64.2 Å². The summed E-state index contributed by atoms with van der Waals surface area (Å²) in [5.74, 6) is -0.731. The number of anilines is 1. The minimum absolute atomic E-state index is 0.0855. The quantitative estimate of drug-likeness (QED) is 0.511. The molecule has 196 valence electrons. The summed E-state index contributed by atoms with van der Waals surface area (Å²) < 4.78 is 26.6. The summed E-state index contributed by atoms with van der Waals surface area (Å²) >= 11 is 6.38. The Hall–Kier alpha value is -2.58. The minimum Gasteiger partial charge on any atom is -0.352 e. The van der Waals surface area contributed by atoms with Gasteiger partial charge in [0.2, 0.25) is 21.8 Å². The summed E-state index contributed by atoms with van der Waals surface area (Å²) in [4.78, 5) is 28.3. The van der Waals surface area contributed by atoms with Gasteiger partial charge in [-0.15, -0.1) is 0 Å². The highest BCUT2D eigenvalue weighted by Crippen LogP contribution is 2.24. The van der Waals surface area contributed by atoms with E-state index in [0.717, 1.165) is 47.4 Å². The monoisotopic (exact) mass is 533 g/mol. The first kappa shape index (κ1) is 28.0. The summed E-state index contributed by atoms with van der Waals surface area (Å²) in [6.07, 6.45) is 6.23. The van der Waals surface area contributed by atoms with Crippen molar-refractivity contribution < 1.29 is 18.0 Å². The molecule has 7 nitrogen and oxygen atoms in total. The maximum atomic E-state index is 13.7. The molecule has 3 rings (SSSR count). The van der Waals surface area contributed by atoms with Gasteiger partial charge in [-0.1, -0.05) is 55.1 Å². The van der Waals surface area contributed by atoms with E-state index in [2.05, 4.69) is 5.32 Å². The van der Waals surface area contributed by atoms with Gasteiger partial charge in [0.15, 0.2) is 0 Å². The smallest absolute Gasteiger partial charge is 0.244 e. The molecule has 1 aliphatic carbocycles. The van der Waals surface area contributed by atoms with E-state index in [1.807, 2.05) is 26.0 Å². The number of nitrogens with zero attached hydrogens (tertiary/aromatic N) is 2. The molecule has 1 fully saturated rings. The number of hydrogen-bond acceptors (Lipinski definition) is 4. The summed E-state index contributed by atoms with van der Waals surface area (Å²) in [6.45, 7) is 5.09. The molecule has 1 unspecified atom stereocenters. The molecular weight excluding hydrogens is 498 g/mol. The lowest BCUT2D eigenvalue weighted by Gasteiger charge is -2.33. The van der Waals surface area contributed by atoms with Gasteiger partial charge in [0.1, 0.15) is 12.6 Å². The number of halogens is 1. The summed E-state index contributed by atoms with van der Waals surface area (Å²) in [5.41, 5.74) is 2.88. The molecule has 0 heterocycles. The molecule has 0 bridgehead atoms. The summed E-state index contributed by atoms with van der Waals surface area (Å²) in [6, 6.07) is 11.8. The van der Waals surface area contributed by atoms with Crippen LogP contribution in [0.2, 0.25) is 5.02 Å². The Morgan fingerprint density at radius 1 is 1.06 bits per heavy atom. The number of benzene rings is 2. The molecule has 0 spiro atoms. The molecule has 2 aromatic carbocycles. The first-order valence-electron chi connectivity index (χ1n) is 12.3. The Balaban J connectivity index is 1.90. The van der Waals surface area contributed by atoms with Crippen LogP contribution in [0.3, 0.4) is 0 Å². The number of rotatable bonds is 9. The van der Waals surface area contributed by atoms with E-state index in [9.17, 15) is 18.0 Å². The van der Waals surface area contributed by atoms with Gasteiger partial charge in [-0.2, -0.15) is 0 Å². The molecule has 0 aromatic heterocycles. The average molecular weight is 534 g/mol. The zero-order chi connectivity index (χ0) is 26.5. The van der Waals surface area contributed by atoms with Crippen molar-refractivity contribution in [2.75, 3.05) is 17.1 Å². The van der Waals surface area contributed by atoms with Crippen LogP contribution >= 0.6 is 11.6 Å². The van der Waals surface area contributed by atoms with Crippen molar-refractivity contribution >= 4 is 39.1 Å². The second kappa shape index (κ2) is 12.1.